The normalized spacial score (nSPS) is 10.5. The second-order valence-corrected chi connectivity index (χ2v) is 3.84. The first-order chi connectivity index (χ1) is 9.28. The lowest BCUT2D eigenvalue weighted by Crippen LogP contribution is -1.92. The molecule has 0 radical (unpaired) electrons. The Morgan fingerprint density at radius 1 is 1.32 bits per heavy atom. The van der Waals surface area contributed by atoms with Gasteiger partial charge >= 0.3 is 0 Å². The van der Waals surface area contributed by atoms with E-state index in [1.807, 2.05) is 6.07 Å². The standard InChI is InChI=1S/C12H8N4O3/c1-7-8(6-13)9(15-18-7)5-11-14-12(16-19-11)10-3-2-4-17-10/h2-4H,5H2,1H3. The van der Waals surface area contributed by atoms with Crippen molar-refractivity contribution in [2.75, 3.05) is 0 Å². The topological polar surface area (TPSA) is 102 Å². The van der Waals surface area contributed by atoms with E-state index >= 15 is 0 Å². The molecule has 3 aromatic rings. The van der Waals surface area contributed by atoms with Crippen LogP contribution in [0.1, 0.15) is 22.9 Å². The van der Waals surface area contributed by atoms with Crippen LogP contribution in [0.4, 0.5) is 0 Å². The van der Waals surface area contributed by atoms with Gasteiger partial charge in [-0.2, -0.15) is 10.2 Å². The van der Waals surface area contributed by atoms with Crippen LogP contribution < -0.4 is 0 Å². The summed E-state index contributed by atoms with van der Waals surface area (Å²) in [6.45, 7) is 1.68. The number of nitrogens with zero attached hydrogens (tertiary/aromatic N) is 4. The van der Waals surface area contributed by atoms with Gasteiger partial charge in [0.2, 0.25) is 11.7 Å². The highest BCUT2D eigenvalue weighted by atomic mass is 16.5. The monoisotopic (exact) mass is 256 g/mol. The van der Waals surface area contributed by atoms with Crippen molar-refractivity contribution in [3.05, 3.63) is 41.3 Å². The Morgan fingerprint density at radius 3 is 2.95 bits per heavy atom. The van der Waals surface area contributed by atoms with E-state index in [9.17, 15) is 0 Å². The van der Waals surface area contributed by atoms with Gasteiger partial charge in [0, 0.05) is 0 Å². The number of hydrogen-bond acceptors (Lipinski definition) is 7. The Bertz CT molecular complexity index is 733. The third-order valence-corrected chi connectivity index (χ3v) is 2.57. The molecule has 0 aliphatic heterocycles. The molecule has 94 valence electrons. The van der Waals surface area contributed by atoms with Gasteiger partial charge in [0.05, 0.1) is 12.7 Å². The third kappa shape index (κ3) is 1.99. The number of furan rings is 1. The van der Waals surface area contributed by atoms with Crippen LogP contribution in [-0.2, 0) is 6.42 Å². The van der Waals surface area contributed by atoms with Crippen molar-refractivity contribution in [1.82, 2.24) is 15.3 Å². The molecule has 0 amide bonds. The molecule has 3 aromatic heterocycles. The molecule has 0 unspecified atom stereocenters. The van der Waals surface area contributed by atoms with Crippen molar-refractivity contribution in [3.63, 3.8) is 0 Å². The van der Waals surface area contributed by atoms with Crippen LogP contribution >= 0.6 is 0 Å². The zero-order valence-electron chi connectivity index (χ0n) is 9.95. The Kier molecular flexibility index (Phi) is 2.61. The van der Waals surface area contributed by atoms with Crippen LogP contribution in [0.3, 0.4) is 0 Å². The number of aryl methyl sites for hydroxylation is 1. The van der Waals surface area contributed by atoms with Gasteiger partial charge in [0.1, 0.15) is 17.3 Å². The number of hydrogen-bond donors (Lipinski definition) is 0. The molecule has 19 heavy (non-hydrogen) atoms. The lowest BCUT2D eigenvalue weighted by Gasteiger charge is -1.88. The Hall–Kier alpha value is -2.88. The van der Waals surface area contributed by atoms with Gasteiger partial charge in [0.15, 0.2) is 11.5 Å². The summed E-state index contributed by atoms with van der Waals surface area (Å²) in [5, 5.41) is 16.6. The van der Waals surface area contributed by atoms with Gasteiger partial charge < -0.3 is 13.5 Å². The van der Waals surface area contributed by atoms with Crippen LogP contribution in [0.5, 0.6) is 0 Å². The van der Waals surface area contributed by atoms with Crippen molar-refractivity contribution < 1.29 is 13.5 Å². The predicted octanol–water partition coefficient (Wildman–Crippen LogP) is 2.09. The maximum absolute atomic E-state index is 8.99. The fourth-order valence-corrected chi connectivity index (χ4v) is 1.66. The quantitative estimate of drug-likeness (QED) is 0.706. The van der Waals surface area contributed by atoms with Gasteiger partial charge in [-0.3, -0.25) is 0 Å². The summed E-state index contributed by atoms with van der Waals surface area (Å²) in [4.78, 5) is 4.17. The summed E-state index contributed by atoms with van der Waals surface area (Å²) in [6, 6.07) is 5.50. The molecule has 3 heterocycles. The highest BCUT2D eigenvalue weighted by Gasteiger charge is 2.17. The number of rotatable bonds is 3. The molecular weight excluding hydrogens is 248 g/mol. The first-order valence-electron chi connectivity index (χ1n) is 5.49. The van der Waals surface area contributed by atoms with Crippen molar-refractivity contribution in [3.8, 4) is 17.7 Å². The molecule has 0 atom stereocenters. The first kappa shape index (κ1) is 11.2. The fraction of sp³-hybridized carbons (Fsp3) is 0.167. The molecular formula is C12H8N4O3. The maximum Gasteiger partial charge on any atom is 0.238 e. The smallest absolute Gasteiger partial charge is 0.238 e. The Morgan fingerprint density at radius 2 is 2.21 bits per heavy atom. The summed E-state index contributed by atoms with van der Waals surface area (Å²) in [5.74, 6) is 1.70. The second kappa shape index (κ2) is 4.42. The van der Waals surface area contributed by atoms with Crippen molar-refractivity contribution in [1.29, 1.82) is 5.26 Å². The van der Waals surface area contributed by atoms with E-state index < -0.39 is 0 Å². The average molecular weight is 256 g/mol. The summed E-state index contributed by atoms with van der Waals surface area (Å²) in [5.41, 5.74) is 0.882. The van der Waals surface area contributed by atoms with E-state index in [0.29, 0.717) is 34.5 Å². The maximum atomic E-state index is 8.99. The van der Waals surface area contributed by atoms with E-state index in [1.54, 1.807) is 19.1 Å². The van der Waals surface area contributed by atoms with Gasteiger partial charge in [-0.15, -0.1) is 0 Å². The molecule has 0 saturated heterocycles. The molecule has 0 bridgehead atoms. The van der Waals surface area contributed by atoms with Crippen LogP contribution in [-0.4, -0.2) is 15.3 Å². The second-order valence-electron chi connectivity index (χ2n) is 3.84. The molecule has 0 spiro atoms. The first-order valence-corrected chi connectivity index (χ1v) is 5.49. The van der Waals surface area contributed by atoms with Gasteiger partial charge in [0.25, 0.3) is 0 Å². The molecule has 0 aliphatic carbocycles. The summed E-state index contributed by atoms with van der Waals surface area (Å²) in [6.07, 6.45) is 1.77. The SMILES string of the molecule is Cc1onc(Cc2nc(-c3ccco3)no2)c1C#N. The van der Waals surface area contributed by atoms with E-state index in [1.165, 1.54) is 6.26 Å². The third-order valence-electron chi connectivity index (χ3n) is 2.57. The highest BCUT2D eigenvalue weighted by Crippen LogP contribution is 2.19. The number of nitriles is 1. The van der Waals surface area contributed by atoms with Crippen molar-refractivity contribution in [2.24, 2.45) is 0 Å². The minimum absolute atomic E-state index is 0.244. The average Bonchev–Trinajstić information content (AvgIpc) is 3.11. The van der Waals surface area contributed by atoms with Crippen LogP contribution in [0, 0.1) is 18.3 Å². The lowest BCUT2D eigenvalue weighted by molar-refractivity contribution is 0.371. The van der Waals surface area contributed by atoms with Gasteiger partial charge in [-0.05, 0) is 19.1 Å². The summed E-state index contributed by atoms with van der Waals surface area (Å²) in [7, 11) is 0. The fourth-order valence-electron chi connectivity index (χ4n) is 1.66. The van der Waals surface area contributed by atoms with Gasteiger partial charge in [-0.1, -0.05) is 10.3 Å². The molecule has 0 fully saturated rings. The Labute approximate surface area is 107 Å². The summed E-state index contributed by atoms with van der Waals surface area (Å²) >= 11 is 0. The zero-order valence-corrected chi connectivity index (χ0v) is 9.95. The van der Waals surface area contributed by atoms with E-state index in [0.717, 1.165) is 0 Å². The largest absolute Gasteiger partial charge is 0.461 e. The molecule has 0 aromatic carbocycles. The minimum Gasteiger partial charge on any atom is -0.461 e. The number of aromatic nitrogens is 3. The summed E-state index contributed by atoms with van der Waals surface area (Å²) < 4.78 is 15.2. The zero-order chi connectivity index (χ0) is 13.2. The molecule has 0 aliphatic rings. The minimum atomic E-state index is 0.244. The van der Waals surface area contributed by atoms with Crippen molar-refractivity contribution in [2.45, 2.75) is 13.3 Å². The molecule has 0 saturated carbocycles. The predicted molar refractivity (Wildman–Crippen MR) is 60.8 cm³/mol. The van der Waals surface area contributed by atoms with E-state index in [-0.39, 0.29) is 6.42 Å². The molecule has 0 N–H and O–H groups in total. The van der Waals surface area contributed by atoms with Crippen LogP contribution in [0.2, 0.25) is 0 Å². The Balaban J connectivity index is 1.87. The molecule has 3 rings (SSSR count). The highest BCUT2D eigenvalue weighted by molar-refractivity contribution is 5.45. The van der Waals surface area contributed by atoms with Crippen LogP contribution in [0.15, 0.2) is 31.9 Å². The lowest BCUT2D eigenvalue weighted by atomic mass is 10.2. The van der Waals surface area contributed by atoms with E-state index in [2.05, 4.69) is 15.3 Å². The molecule has 7 heteroatoms. The van der Waals surface area contributed by atoms with Crippen LogP contribution in [0.25, 0.3) is 11.6 Å². The molecule has 7 nitrogen and oxygen atoms in total. The van der Waals surface area contributed by atoms with Crippen molar-refractivity contribution >= 4 is 0 Å². The van der Waals surface area contributed by atoms with E-state index in [4.69, 9.17) is 18.7 Å². The van der Waals surface area contributed by atoms with Gasteiger partial charge in [-0.25, -0.2) is 0 Å².